The predicted octanol–water partition coefficient (Wildman–Crippen LogP) is 1.64. The van der Waals surface area contributed by atoms with Gasteiger partial charge in [-0.15, -0.1) is 0 Å². The summed E-state index contributed by atoms with van der Waals surface area (Å²) in [7, 11) is 0. The van der Waals surface area contributed by atoms with Crippen molar-refractivity contribution in [3.8, 4) is 0 Å². The molecule has 0 aromatic carbocycles. The molecule has 3 heteroatoms. The third-order valence-electron chi connectivity index (χ3n) is 4.68. The van der Waals surface area contributed by atoms with E-state index >= 15 is 0 Å². The summed E-state index contributed by atoms with van der Waals surface area (Å²) >= 11 is 0. The van der Waals surface area contributed by atoms with E-state index in [9.17, 15) is 0 Å². The van der Waals surface area contributed by atoms with Gasteiger partial charge in [0.25, 0.3) is 0 Å². The third-order valence-corrected chi connectivity index (χ3v) is 4.68. The molecule has 0 aromatic heterocycles. The molecule has 2 aliphatic rings. The van der Waals surface area contributed by atoms with E-state index in [0.29, 0.717) is 6.04 Å². The summed E-state index contributed by atoms with van der Waals surface area (Å²) in [4.78, 5) is 0. The fraction of sp³-hybridized carbons (Fsp3) is 1.00. The fourth-order valence-electron chi connectivity index (χ4n) is 3.54. The fourth-order valence-corrected chi connectivity index (χ4v) is 3.54. The highest BCUT2D eigenvalue weighted by atomic mass is 16.3. The smallest absolute Gasteiger partial charge is 0.0445 e. The Labute approximate surface area is 105 Å². The third kappa shape index (κ3) is 3.43. The molecule has 2 fully saturated rings. The standard InChI is InChI=1S/C14H28N2O/c1-11(6-8-17)16-14(10-15)7-2-3-13(9-14)12-4-5-12/h11-13,16-17H,2-10,15H2,1H3. The normalized spacial score (nSPS) is 35.8. The summed E-state index contributed by atoms with van der Waals surface area (Å²) in [5.74, 6) is 1.90. The first-order valence-electron chi connectivity index (χ1n) is 7.28. The Balaban J connectivity index is 1.92. The van der Waals surface area contributed by atoms with Crippen molar-refractivity contribution in [3.63, 3.8) is 0 Å². The van der Waals surface area contributed by atoms with E-state index < -0.39 is 0 Å². The summed E-state index contributed by atoms with van der Waals surface area (Å²) in [6.45, 7) is 3.17. The van der Waals surface area contributed by atoms with E-state index in [1.54, 1.807) is 0 Å². The second-order valence-corrected chi connectivity index (χ2v) is 6.24. The summed E-state index contributed by atoms with van der Waals surface area (Å²) < 4.78 is 0. The largest absolute Gasteiger partial charge is 0.396 e. The van der Waals surface area contributed by atoms with Gasteiger partial charge in [-0.3, -0.25) is 0 Å². The van der Waals surface area contributed by atoms with E-state index in [0.717, 1.165) is 24.8 Å². The van der Waals surface area contributed by atoms with Crippen LogP contribution in [-0.2, 0) is 0 Å². The number of aliphatic hydroxyl groups excluding tert-OH is 1. The number of nitrogens with two attached hydrogens (primary N) is 1. The van der Waals surface area contributed by atoms with Crippen LogP contribution in [0.3, 0.4) is 0 Å². The summed E-state index contributed by atoms with van der Waals surface area (Å²) in [6.07, 6.45) is 8.90. The molecule has 0 amide bonds. The van der Waals surface area contributed by atoms with Gasteiger partial charge in [0.15, 0.2) is 0 Å². The lowest BCUT2D eigenvalue weighted by atomic mass is 9.73. The number of hydrogen-bond acceptors (Lipinski definition) is 3. The van der Waals surface area contributed by atoms with Gasteiger partial charge in [0.2, 0.25) is 0 Å². The molecule has 0 saturated heterocycles. The SMILES string of the molecule is CC(CCO)NC1(CN)CCCC(C2CC2)C1. The molecule has 17 heavy (non-hydrogen) atoms. The summed E-state index contributed by atoms with van der Waals surface area (Å²) in [5.41, 5.74) is 6.19. The van der Waals surface area contributed by atoms with Crippen LogP contribution in [0.25, 0.3) is 0 Å². The molecule has 4 N–H and O–H groups in total. The Morgan fingerprint density at radius 1 is 1.35 bits per heavy atom. The summed E-state index contributed by atoms with van der Waals surface area (Å²) in [6, 6.07) is 0.376. The molecule has 2 saturated carbocycles. The van der Waals surface area contributed by atoms with Gasteiger partial charge < -0.3 is 16.2 Å². The molecule has 0 radical (unpaired) electrons. The van der Waals surface area contributed by atoms with Crippen LogP contribution < -0.4 is 11.1 Å². The van der Waals surface area contributed by atoms with Crippen molar-refractivity contribution in [2.45, 2.75) is 63.5 Å². The van der Waals surface area contributed by atoms with Crippen LogP contribution in [0.4, 0.5) is 0 Å². The van der Waals surface area contributed by atoms with Gasteiger partial charge >= 0.3 is 0 Å². The average Bonchev–Trinajstić information content (AvgIpc) is 3.13. The molecule has 3 unspecified atom stereocenters. The molecule has 0 heterocycles. The lowest BCUT2D eigenvalue weighted by molar-refractivity contribution is 0.148. The first-order valence-corrected chi connectivity index (χ1v) is 7.28. The number of aliphatic hydroxyl groups is 1. The number of hydrogen-bond donors (Lipinski definition) is 3. The highest BCUT2D eigenvalue weighted by molar-refractivity contribution is 4.99. The van der Waals surface area contributed by atoms with Gasteiger partial charge in [0.05, 0.1) is 0 Å². The Hall–Kier alpha value is -0.120. The van der Waals surface area contributed by atoms with Gasteiger partial charge in [-0.2, -0.15) is 0 Å². The molecule has 100 valence electrons. The zero-order valence-electron chi connectivity index (χ0n) is 11.1. The van der Waals surface area contributed by atoms with Gasteiger partial charge in [-0.05, 0) is 50.9 Å². The molecule has 3 atom stereocenters. The van der Waals surface area contributed by atoms with Gasteiger partial charge in [-0.1, -0.05) is 12.8 Å². The van der Waals surface area contributed by atoms with Gasteiger partial charge in [0.1, 0.15) is 0 Å². The second kappa shape index (κ2) is 5.68. The van der Waals surface area contributed by atoms with E-state index in [1.165, 1.54) is 38.5 Å². The number of nitrogens with one attached hydrogen (secondary N) is 1. The molecule has 2 rings (SSSR count). The van der Waals surface area contributed by atoms with Crippen molar-refractivity contribution < 1.29 is 5.11 Å². The van der Waals surface area contributed by atoms with Crippen molar-refractivity contribution in [3.05, 3.63) is 0 Å². The monoisotopic (exact) mass is 240 g/mol. The molecule has 0 bridgehead atoms. The maximum Gasteiger partial charge on any atom is 0.0445 e. The van der Waals surface area contributed by atoms with Crippen LogP contribution in [0, 0.1) is 11.8 Å². The van der Waals surface area contributed by atoms with E-state index in [-0.39, 0.29) is 12.1 Å². The average molecular weight is 240 g/mol. The van der Waals surface area contributed by atoms with E-state index in [2.05, 4.69) is 12.2 Å². The van der Waals surface area contributed by atoms with Crippen molar-refractivity contribution in [1.29, 1.82) is 0 Å². The molecular weight excluding hydrogens is 212 g/mol. The minimum absolute atomic E-state index is 0.153. The molecule has 0 spiro atoms. The molecule has 2 aliphatic carbocycles. The molecule has 3 nitrogen and oxygen atoms in total. The Morgan fingerprint density at radius 3 is 2.71 bits per heavy atom. The Kier molecular flexibility index (Phi) is 4.45. The topological polar surface area (TPSA) is 58.3 Å². The minimum atomic E-state index is 0.153. The van der Waals surface area contributed by atoms with Crippen LogP contribution in [0.1, 0.15) is 51.9 Å². The lowest BCUT2D eigenvalue weighted by Crippen LogP contribution is -2.57. The first kappa shape index (κ1) is 13.3. The molecule has 0 aliphatic heterocycles. The van der Waals surface area contributed by atoms with Crippen molar-refractivity contribution in [2.24, 2.45) is 17.6 Å². The lowest BCUT2D eigenvalue weighted by Gasteiger charge is -2.43. The van der Waals surface area contributed by atoms with E-state index in [4.69, 9.17) is 10.8 Å². The number of rotatable bonds is 6. The van der Waals surface area contributed by atoms with Crippen molar-refractivity contribution >= 4 is 0 Å². The summed E-state index contributed by atoms with van der Waals surface area (Å²) in [5, 5.41) is 12.7. The maximum atomic E-state index is 9.00. The zero-order chi connectivity index (χ0) is 12.3. The van der Waals surface area contributed by atoms with Crippen molar-refractivity contribution in [2.75, 3.05) is 13.2 Å². The quantitative estimate of drug-likeness (QED) is 0.661. The predicted molar refractivity (Wildman–Crippen MR) is 70.8 cm³/mol. The first-order chi connectivity index (χ1) is 8.19. The van der Waals surface area contributed by atoms with Crippen LogP contribution >= 0.6 is 0 Å². The van der Waals surface area contributed by atoms with Crippen LogP contribution in [0.5, 0.6) is 0 Å². The highest BCUT2D eigenvalue weighted by Crippen LogP contribution is 2.46. The molecule has 0 aromatic rings. The molecular formula is C14H28N2O. The van der Waals surface area contributed by atoms with Gasteiger partial charge in [0, 0.05) is 24.7 Å². The van der Waals surface area contributed by atoms with Crippen LogP contribution in [-0.4, -0.2) is 29.8 Å². The Morgan fingerprint density at radius 2 is 2.12 bits per heavy atom. The minimum Gasteiger partial charge on any atom is -0.396 e. The zero-order valence-corrected chi connectivity index (χ0v) is 11.1. The maximum absolute atomic E-state index is 9.00. The van der Waals surface area contributed by atoms with Crippen LogP contribution in [0.15, 0.2) is 0 Å². The Bertz CT molecular complexity index is 242. The second-order valence-electron chi connectivity index (χ2n) is 6.24. The van der Waals surface area contributed by atoms with E-state index in [1.807, 2.05) is 0 Å². The highest BCUT2D eigenvalue weighted by Gasteiger charge is 2.41. The van der Waals surface area contributed by atoms with Gasteiger partial charge in [-0.25, -0.2) is 0 Å². The van der Waals surface area contributed by atoms with Crippen LogP contribution in [0.2, 0.25) is 0 Å². The van der Waals surface area contributed by atoms with Crippen molar-refractivity contribution in [1.82, 2.24) is 5.32 Å².